The predicted octanol–water partition coefficient (Wildman–Crippen LogP) is 3.35. The quantitative estimate of drug-likeness (QED) is 0.829. The minimum absolute atomic E-state index is 0.168. The molecule has 0 radical (unpaired) electrons. The van der Waals surface area contributed by atoms with Crippen LogP contribution in [-0.2, 0) is 4.74 Å². The normalized spacial score (nSPS) is 20.3. The van der Waals surface area contributed by atoms with Gasteiger partial charge in [-0.15, -0.1) is 0 Å². The van der Waals surface area contributed by atoms with Crippen LogP contribution in [0.25, 0.3) is 0 Å². The van der Waals surface area contributed by atoms with Crippen molar-refractivity contribution in [1.29, 1.82) is 0 Å². The van der Waals surface area contributed by atoms with Gasteiger partial charge in [-0.05, 0) is 43.4 Å². The molecule has 0 amide bonds. The van der Waals surface area contributed by atoms with Gasteiger partial charge in [0, 0.05) is 19.7 Å². The molecule has 1 aromatic carbocycles. The Labute approximate surface area is 122 Å². The van der Waals surface area contributed by atoms with Crippen molar-refractivity contribution in [3.63, 3.8) is 0 Å². The second kappa shape index (κ2) is 7.65. The zero-order chi connectivity index (χ0) is 14.4. The van der Waals surface area contributed by atoms with Crippen molar-refractivity contribution in [3.05, 3.63) is 29.8 Å². The van der Waals surface area contributed by atoms with Gasteiger partial charge in [-0.25, -0.2) is 0 Å². The van der Waals surface area contributed by atoms with Crippen molar-refractivity contribution >= 4 is 0 Å². The van der Waals surface area contributed by atoms with E-state index in [1.807, 2.05) is 0 Å². The fourth-order valence-corrected chi connectivity index (χ4v) is 2.46. The monoisotopic (exact) mass is 277 g/mol. The molecule has 2 unspecified atom stereocenters. The average Bonchev–Trinajstić information content (AvgIpc) is 2.92. The summed E-state index contributed by atoms with van der Waals surface area (Å²) in [4.78, 5) is 0. The minimum Gasteiger partial charge on any atom is -0.489 e. The standard InChI is InChI=1S/C17H27NO2/c1-13(2)15-6-8-16(9-7-15)20-14(3)11-18-12-17-5-4-10-19-17/h6-9,13-14,17-18H,4-5,10-12H2,1-3H3. The van der Waals surface area contributed by atoms with Crippen molar-refractivity contribution in [2.75, 3.05) is 19.7 Å². The van der Waals surface area contributed by atoms with Gasteiger partial charge in [-0.3, -0.25) is 0 Å². The van der Waals surface area contributed by atoms with Crippen LogP contribution in [0, 0.1) is 0 Å². The van der Waals surface area contributed by atoms with E-state index in [0.717, 1.165) is 25.4 Å². The Balaban J connectivity index is 1.69. The first-order valence-electron chi connectivity index (χ1n) is 7.74. The van der Waals surface area contributed by atoms with Crippen LogP contribution in [0.5, 0.6) is 5.75 Å². The van der Waals surface area contributed by atoms with Crippen LogP contribution >= 0.6 is 0 Å². The maximum absolute atomic E-state index is 5.91. The van der Waals surface area contributed by atoms with Crippen LogP contribution in [0.15, 0.2) is 24.3 Å². The average molecular weight is 277 g/mol. The lowest BCUT2D eigenvalue weighted by molar-refractivity contribution is 0.106. The molecule has 1 heterocycles. The molecule has 1 aliphatic rings. The third-order valence-corrected chi connectivity index (χ3v) is 3.71. The van der Waals surface area contributed by atoms with Crippen LogP contribution in [0.2, 0.25) is 0 Å². The Kier molecular flexibility index (Phi) is 5.86. The Hall–Kier alpha value is -1.06. The number of hydrogen-bond acceptors (Lipinski definition) is 3. The van der Waals surface area contributed by atoms with Crippen molar-refractivity contribution in [2.24, 2.45) is 0 Å². The first-order chi connectivity index (χ1) is 9.65. The van der Waals surface area contributed by atoms with Crippen molar-refractivity contribution in [3.8, 4) is 5.75 Å². The second-order valence-electron chi connectivity index (χ2n) is 5.95. The number of rotatable bonds is 7. The van der Waals surface area contributed by atoms with Gasteiger partial charge >= 0.3 is 0 Å². The summed E-state index contributed by atoms with van der Waals surface area (Å²) < 4.78 is 11.5. The molecule has 1 N–H and O–H groups in total. The van der Waals surface area contributed by atoms with Gasteiger partial charge in [0.05, 0.1) is 6.10 Å². The van der Waals surface area contributed by atoms with Crippen molar-refractivity contribution in [2.45, 2.75) is 51.7 Å². The summed E-state index contributed by atoms with van der Waals surface area (Å²) in [5.74, 6) is 1.51. The fraction of sp³-hybridized carbons (Fsp3) is 0.647. The fourth-order valence-electron chi connectivity index (χ4n) is 2.46. The van der Waals surface area contributed by atoms with Gasteiger partial charge in [0.25, 0.3) is 0 Å². The van der Waals surface area contributed by atoms with Gasteiger partial charge in [-0.1, -0.05) is 26.0 Å². The van der Waals surface area contributed by atoms with E-state index in [1.165, 1.54) is 18.4 Å². The van der Waals surface area contributed by atoms with E-state index in [-0.39, 0.29) is 6.10 Å². The zero-order valence-electron chi connectivity index (χ0n) is 12.9. The number of nitrogens with one attached hydrogen (secondary N) is 1. The van der Waals surface area contributed by atoms with E-state index in [4.69, 9.17) is 9.47 Å². The van der Waals surface area contributed by atoms with E-state index >= 15 is 0 Å². The summed E-state index contributed by atoms with van der Waals surface area (Å²) in [5.41, 5.74) is 1.35. The highest BCUT2D eigenvalue weighted by Gasteiger charge is 2.15. The molecule has 1 aromatic rings. The maximum Gasteiger partial charge on any atom is 0.119 e. The molecule has 20 heavy (non-hydrogen) atoms. The summed E-state index contributed by atoms with van der Waals surface area (Å²) in [6.45, 7) is 9.20. The van der Waals surface area contributed by atoms with E-state index in [2.05, 4.69) is 50.4 Å². The number of benzene rings is 1. The van der Waals surface area contributed by atoms with Gasteiger partial charge < -0.3 is 14.8 Å². The number of hydrogen-bond donors (Lipinski definition) is 1. The Morgan fingerprint density at radius 3 is 2.60 bits per heavy atom. The Morgan fingerprint density at radius 1 is 1.25 bits per heavy atom. The molecule has 3 heteroatoms. The molecule has 0 bridgehead atoms. The van der Waals surface area contributed by atoms with Crippen LogP contribution in [0.4, 0.5) is 0 Å². The molecule has 0 aliphatic carbocycles. The van der Waals surface area contributed by atoms with E-state index in [0.29, 0.717) is 12.0 Å². The van der Waals surface area contributed by atoms with E-state index in [9.17, 15) is 0 Å². The zero-order valence-corrected chi connectivity index (χ0v) is 12.9. The Bertz CT molecular complexity index is 382. The molecule has 0 spiro atoms. The van der Waals surface area contributed by atoms with Crippen molar-refractivity contribution in [1.82, 2.24) is 5.32 Å². The molecule has 2 rings (SSSR count). The van der Waals surface area contributed by atoms with E-state index < -0.39 is 0 Å². The summed E-state index contributed by atoms with van der Waals surface area (Å²) in [5, 5.41) is 3.43. The largest absolute Gasteiger partial charge is 0.489 e. The third kappa shape index (κ3) is 4.80. The van der Waals surface area contributed by atoms with E-state index in [1.54, 1.807) is 0 Å². The summed E-state index contributed by atoms with van der Waals surface area (Å²) in [6, 6.07) is 8.41. The molecule has 0 saturated carbocycles. The molecule has 1 aliphatic heterocycles. The smallest absolute Gasteiger partial charge is 0.119 e. The lowest BCUT2D eigenvalue weighted by Crippen LogP contribution is -2.34. The van der Waals surface area contributed by atoms with Crippen LogP contribution < -0.4 is 10.1 Å². The first-order valence-corrected chi connectivity index (χ1v) is 7.74. The summed E-state index contributed by atoms with van der Waals surface area (Å²) in [7, 11) is 0. The minimum atomic E-state index is 0.168. The van der Waals surface area contributed by atoms with Gasteiger partial charge in [0.2, 0.25) is 0 Å². The van der Waals surface area contributed by atoms with Crippen LogP contribution in [0.3, 0.4) is 0 Å². The molecular formula is C17H27NO2. The second-order valence-corrected chi connectivity index (χ2v) is 5.95. The SMILES string of the molecule is CC(CNCC1CCCO1)Oc1ccc(C(C)C)cc1. The van der Waals surface area contributed by atoms with Gasteiger partial charge in [-0.2, -0.15) is 0 Å². The van der Waals surface area contributed by atoms with Crippen LogP contribution in [-0.4, -0.2) is 31.9 Å². The Morgan fingerprint density at radius 2 is 2.00 bits per heavy atom. The van der Waals surface area contributed by atoms with Gasteiger partial charge in [0.15, 0.2) is 0 Å². The lowest BCUT2D eigenvalue weighted by atomic mass is 10.0. The maximum atomic E-state index is 5.91. The predicted molar refractivity (Wildman–Crippen MR) is 82.5 cm³/mol. The van der Waals surface area contributed by atoms with Gasteiger partial charge in [0.1, 0.15) is 11.9 Å². The molecule has 1 saturated heterocycles. The molecule has 2 atom stereocenters. The highest BCUT2D eigenvalue weighted by Crippen LogP contribution is 2.19. The summed E-state index contributed by atoms with van der Waals surface area (Å²) in [6.07, 6.45) is 2.94. The third-order valence-electron chi connectivity index (χ3n) is 3.71. The highest BCUT2D eigenvalue weighted by atomic mass is 16.5. The topological polar surface area (TPSA) is 30.5 Å². The highest BCUT2D eigenvalue weighted by molar-refractivity contribution is 5.29. The molecular weight excluding hydrogens is 250 g/mol. The lowest BCUT2D eigenvalue weighted by Gasteiger charge is -2.17. The summed E-state index contributed by atoms with van der Waals surface area (Å²) >= 11 is 0. The molecule has 1 fully saturated rings. The first kappa shape index (κ1) is 15.3. The van der Waals surface area contributed by atoms with Crippen molar-refractivity contribution < 1.29 is 9.47 Å². The molecule has 3 nitrogen and oxygen atoms in total. The number of ether oxygens (including phenoxy) is 2. The molecule has 112 valence electrons. The van der Waals surface area contributed by atoms with Crippen LogP contribution in [0.1, 0.15) is 45.1 Å². The molecule has 0 aromatic heterocycles.